The zero-order chi connectivity index (χ0) is 19.4. The minimum atomic E-state index is -3.71. The van der Waals surface area contributed by atoms with Gasteiger partial charge >= 0.3 is 6.09 Å². The predicted octanol–water partition coefficient (Wildman–Crippen LogP) is 3.29. The zero-order valence-electron chi connectivity index (χ0n) is 15.4. The minimum Gasteiger partial charge on any atom is -0.447 e. The number of hydrogen-bond donors (Lipinski definition) is 1. The fraction of sp³-hybridized carbons (Fsp3) is 0.316. The van der Waals surface area contributed by atoms with Crippen LogP contribution in [0.2, 0.25) is 0 Å². The lowest BCUT2D eigenvalue weighted by Crippen LogP contribution is -2.23. The maximum Gasteiger partial charge on any atom is 0.414 e. The molecule has 1 aliphatic heterocycles. The molecule has 1 aliphatic rings. The molecule has 2 aromatic carbocycles. The number of amides is 1. The highest BCUT2D eigenvalue weighted by molar-refractivity contribution is 7.92. The number of nitrogens with one attached hydrogen (secondary N) is 1. The van der Waals surface area contributed by atoms with E-state index in [0.717, 1.165) is 18.8 Å². The van der Waals surface area contributed by atoms with Crippen molar-refractivity contribution in [3.63, 3.8) is 0 Å². The Morgan fingerprint density at radius 1 is 1.04 bits per heavy atom. The van der Waals surface area contributed by atoms with Gasteiger partial charge in [-0.25, -0.2) is 13.2 Å². The Kier molecular flexibility index (Phi) is 5.55. The molecule has 144 valence electrons. The third-order valence-electron chi connectivity index (χ3n) is 4.47. The van der Waals surface area contributed by atoms with Crippen LogP contribution in [0.5, 0.6) is 0 Å². The van der Waals surface area contributed by atoms with E-state index in [9.17, 15) is 13.2 Å². The SMILES string of the molecule is CCN(CC)c1ccc(NS(=O)(=O)c2ccc(N3CCOC3=O)cc2)cc1. The van der Waals surface area contributed by atoms with E-state index in [1.807, 2.05) is 12.1 Å². The summed E-state index contributed by atoms with van der Waals surface area (Å²) in [6, 6.07) is 13.5. The van der Waals surface area contributed by atoms with E-state index in [2.05, 4.69) is 23.5 Å². The molecule has 1 heterocycles. The number of ether oxygens (including phenoxy) is 1. The molecule has 0 atom stereocenters. The number of carbonyl (C=O) groups is 1. The monoisotopic (exact) mass is 389 g/mol. The topological polar surface area (TPSA) is 79.0 Å². The molecule has 1 fully saturated rings. The van der Waals surface area contributed by atoms with Crippen LogP contribution < -0.4 is 14.5 Å². The van der Waals surface area contributed by atoms with Crippen LogP contribution >= 0.6 is 0 Å². The lowest BCUT2D eigenvalue weighted by molar-refractivity contribution is 0.181. The van der Waals surface area contributed by atoms with Crippen molar-refractivity contribution in [2.75, 3.05) is 40.8 Å². The van der Waals surface area contributed by atoms with Crippen LogP contribution in [0.15, 0.2) is 53.4 Å². The Morgan fingerprint density at radius 2 is 1.67 bits per heavy atom. The molecule has 3 rings (SSSR count). The van der Waals surface area contributed by atoms with Gasteiger partial charge in [-0.1, -0.05) is 0 Å². The number of nitrogens with zero attached hydrogens (tertiary/aromatic N) is 2. The molecule has 2 aromatic rings. The number of benzene rings is 2. The fourth-order valence-electron chi connectivity index (χ4n) is 2.98. The Bertz CT molecular complexity index is 892. The van der Waals surface area contributed by atoms with Gasteiger partial charge in [0.15, 0.2) is 0 Å². The first-order chi connectivity index (χ1) is 12.9. The first-order valence-electron chi connectivity index (χ1n) is 8.86. The van der Waals surface area contributed by atoms with Crippen LogP contribution in [0.4, 0.5) is 21.9 Å². The van der Waals surface area contributed by atoms with E-state index in [-0.39, 0.29) is 4.90 Å². The molecule has 1 saturated heterocycles. The van der Waals surface area contributed by atoms with E-state index in [1.54, 1.807) is 24.3 Å². The maximum absolute atomic E-state index is 12.6. The number of anilines is 3. The molecule has 0 spiro atoms. The molecule has 1 amide bonds. The molecule has 7 nitrogen and oxygen atoms in total. The van der Waals surface area contributed by atoms with Gasteiger partial charge in [-0.05, 0) is 62.4 Å². The van der Waals surface area contributed by atoms with Crippen LogP contribution in [0.3, 0.4) is 0 Å². The molecule has 0 aliphatic carbocycles. The average molecular weight is 389 g/mol. The molecule has 0 bridgehead atoms. The Balaban J connectivity index is 1.73. The average Bonchev–Trinajstić information content (AvgIpc) is 3.10. The van der Waals surface area contributed by atoms with Gasteiger partial charge in [0.25, 0.3) is 10.0 Å². The molecule has 0 radical (unpaired) electrons. The number of cyclic esters (lactones) is 1. The van der Waals surface area contributed by atoms with Gasteiger partial charge in [0, 0.05) is 30.2 Å². The highest BCUT2D eigenvalue weighted by Crippen LogP contribution is 2.24. The van der Waals surface area contributed by atoms with E-state index in [0.29, 0.717) is 24.5 Å². The fourth-order valence-corrected chi connectivity index (χ4v) is 4.03. The summed E-state index contributed by atoms with van der Waals surface area (Å²) in [6.07, 6.45) is -0.419. The van der Waals surface area contributed by atoms with E-state index in [4.69, 9.17) is 4.74 Å². The van der Waals surface area contributed by atoms with Gasteiger partial charge in [0.1, 0.15) is 6.61 Å². The summed E-state index contributed by atoms with van der Waals surface area (Å²) in [6.45, 7) is 6.72. The van der Waals surface area contributed by atoms with Crippen molar-refractivity contribution >= 4 is 33.2 Å². The van der Waals surface area contributed by atoms with Crippen molar-refractivity contribution in [2.24, 2.45) is 0 Å². The van der Waals surface area contributed by atoms with Crippen molar-refractivity contribution in [1.82, 2.24) is 0 Å². The van der Waals surface area contributed by atoms with Crippen molar-refractivity contribution in [3.05, 3.63) is 48.5 Å². The van der Waals surface area contributed by atoms with Gasteiger partial charge in [-0.15, -0.1) is 0 Å². The molecule has 8 heteroatoms. The van der Waals surface area contributed by atoms with Crippen molar-refractivity contribution in [1.29, 1.82) is 0 Å². The van der Waals surface area contributed by atoms with Crippen LogP contribution in [-0.2, 0) is 14.8 Å². The first-order valence-corrected chi connectivity index (χ1v) is 10.3. The van der Waals surface area contributed by atoms with Gasteiger partial charge in [0.05, 0.1) is 11.4 Å². The van der Waals surface area contributed by atoms with E-state index in [1.165, 1.54) is 17.0 Å². The van der Waals surface area contributed by atoms with Gasteiger partial charge in [-0.2, -0.15) is 0 Å². The summed E-state index contributed by atoms with van der Waals surface area (Å²) in [4.78, 5) is 15.4. The summed E-state index contributed by atoms with van der Waals surface area (Å²) in [5.41, 5.74) is 2.16. The summed E-state index contributed by atoms with van der Waals surface area (Å²) in [5.74, 6) is 0. The minimum absolute atomic E-state index is 0.131. The second-order valence-corrected chi connectivity index (χ2v) is 7.77. The summed E-state index contributed by atoms with van der Waals surface area (Å²) >= 11 is 0. The second-order valence-electron chi connectivity index (χ2n) is 6.08. The van der Waals surface area contributed by atoms with Crippen molar-refractivity contribution in [3.8, 4) is 0 Å². The third-order valence-corrected chi connectivity index (χ3v) is 5.86. The maximum atomic E-state index is 12.6. The Morgan fingerprint density at radius 3 is 2.19 bits per heavy atom. The zero-order valence-corrected chi connectivity index (χ0v) is 16.2. The highest BCUT2D eigenvalue weighted by atomic mass is 32.2. The van der Waals surface area contributed by atoms with Gasteiger partial charge in [-0.3, -0.25) is 9.62 Å². The quantitative estimate of drug-likeness (QED) is 0.786. The number of hydrogen-bond acceptors (Lipinski definition) is 5. The van der Waals surface area contributed by atoms with Gasteiger partial charge < -0.3 is 9.64 Å². The number of carbonyl (C=O) groups excluding carboxylic acids is 1. The van der Waals surface area contributed by atoms with Crippen molar-refractivity contribution < 1.29 is 17.9 Å². The summed E-state index contributed by atoms with van der Waals surface area (Å²) in [7, 11) is -3.71. The molecule has 0 unspecified atom stereocenters. The third kappa shape index (κ3) is 4.16. The molecular weight excluding hydrogens is 366 g/mol. The van der Waals surface area contributed by atoms with Crippen LogP contribution in [-0.4, -0.2) is 40.8 Å². The first kappa shape index (κ1) is 19.0. The van der Waals surface area contributed by atoms with Crippen LogP contribution in [0, 0.1) is 0 Å². The van der Waals surface area contributed by atoms with Crippen molar-refractivity contribution in [2.45, 2.75) is 18.7 Å². The highest BCUT2D eigenvalue weighted by Gasteiger charge is 2.24. The van der Waals surface area contributed by atoms with E-state index >= 15 is 0 Å². The smallest absolute Gasteiger partial charge is 0.414 e. The Labute approximate surface area is 159 Å². The molecule has 1 N–H and O–H groups in total. The summed E-state index contributed by atoms with van der Waals surface area (Å²) in [5, 5.41) is 0. The van der Waals surface area contributed by atoms with Crippen LogP contribution in [0.25, 0.3) is 0 Å². The standard InChI is InChI=1S/C19H23N3O4S/c1-3-21(4-2)16-7-5-15(6-8-16)20-27(24,25)18-11-9-17(10-12-18)22-13-14-26-19(22)23/h5-12,20H,3-4,13-14H2,1-2H3. The molecule has 0 aromatic heterocycles. The Hall–Kier alpha value is -2.74. The predicted molar refractivity (Wildman–Crippen MR) is 106 cm³/mol. The van der Waals surface area contributed by atoms with Gasteiger partial charge in [0.2, 0.25) is 0 Å². The summed E-state index contributed by atoms with van der Waals surface area (Å²) < 4.78 is 32.7. The lowest BCUT2D eigenvalue weighted by atomic mass is 10.2. The molecule has 0 saturated carbocycles. The molecule has 27 heavy (non-hydrogen) atoms. The second kappa shape index (κ2) is 7.87. The lowest BCUT2D eigenvalue weighted by Gasteiger charge is -2.21. The van der Waals surface area contributed by atoms with E-state index < -0.39 is 16.1 Å². The number of rotatable bonds is 7. The number of sulfonamides is 1. The molecular formula is C19H23N3O4S. The van der Waals surface area contributed by atoms with Crippen LogP contribution in [0.1, 0.15) is 13.8 Å². The normalized spacial score (nSPS) is 14.1. The largest absolute Gasteiger partial charge is 0.447 e.